The summed E-state index contributed by atoms with van der Waals surface area (Å²) in [6.07, 6.45) is 2.09. The Kier molecular flexibility index (Phi) is 3.09. The van der Waals surface area contributed by atoms with Crippen LogP contribution in [0.5, 0.6) is 0 Å². The topological polar surface area (TPSA) is 27.7 Å². The number of ether oxygens (including phenoxy) is 3. The summed E-state index contributed by atoms with van der Waals surface area (Å²) >= 11 is 0. The van der Waals surface area contributed by atoms with Crippen molar-refractivity contribution in [3.63, 3.8) is 0 Å². The molecular formula is C9H18O3. The van der Waals surface area contributed by atoms with Crippen molar-refractivity contribution in [2.45, 2.75) is 51.8 Å². The van der Waals surface area contributed by atoms with E-state index in [1.165, 1.54) is 0 Å². The quantitative estimate of drug-likeness (QED) is 0.640. The molecule has 1 heterocycles. The molecule has 3 heteroatoms. The highest BCUT2D eigenvalue weighted by molar-refractivity contribution is 4.70. The second kappa shape index (κ2) is 3.73. The lowest BCUT2D eigenvalue weighted by atomic mass is 10.1. The summed E-state index contributed by atoms with van der Waals surface area (Å²) in [6.45, 7) is 6.08. The molecule has 0 aromatic carbocycles. The molecule has 0 amide bonds. The molecule has 1 aliphatic rings. The van der Waals surface area contributed by atoms with E-state index in [1.54, 1.807) is 7.11 Å². The van der Waals surface area contributed by atoms with E-state index in [0.717, 1.165) is 12.8 Å². The van der Waals surface area contributed by atoms with Gasteiger partial charge in [0.2, 0.25) is 0 Å². The zero-order chi connectivity index (χ0) is 9.19. The van der Waals surface area contributed by atoms with Gasteiger partial charge in [0.25, 0.3) is 5.97 Å². The van der Waals surface area contributed by atoms with Crippen molar-refractivity contribution in [3.05, 3.63) is 0 Å². The minimum Gasteiger partial charge on any atom is -0.331 e. The normalized spacial score (nSPS) is 43.0. The summed E-state index contributed by atoms with van der Waals surface area (Å²) in [5.74, 6) is -0.795. The molecule has 12 heavy (non-hydrogen) atoms. The SMILES string of the molecule is CCC1(OC)O[C@H](C)C[C@H](C)O1. The van der Waals surface area contributed by atoms with Crippen LogP contribution in [0.4, 0.5) is 0 Å². The zero-order valence-electron chi connectivity index (χ0n) is 8.29. The highest BCUT2D eigenvalue weighted by Crippen LogP contribution is 2.30. The van der Waals surface area contributed by atoms with Gasteiger partial charge in [-0.25, -0.2) is 0 Å². The van der Waals surface area contributed by atoms with E-state index in [4.69, 9.17) is 14.2 Å². The second-order valence-corrected chi connectivity index (χ2v) is 3.33. The van der Waals surface area contributed by atoms with Crippen molar-refractivity contribution in [2.24, 2.45) is 0 Å². The first-order valence-corrected chi connectivity index (χ1v) is 4.52. The van der Waals surface area contributed by atoms with Crippen molar-refractivity contribution in [2.75, 3.05) is 7.11 Å². The molecule has 3 nitrogen and oxygen atoms in total. The Morgan fingerprint density at radius 3 is 2.17 bits per heavy atom. The van der Waals surface area contributed by atoms with Crippen molar-refractivity contribution < 1.29 is 14.2 Å². The van der Waals surface area contributed by atoms with Crippen LogP contribution in [0.3, 0.4) is 0 Å². The minimum absolute atomic E-state index is 0.216. The molecule has 0 aromatic rings. The third-order valence-corrected chi connectivity index (χ3v) is 2.17. The Labute approximate surface area is 74.0 Å². The van der Waals surface area contributed by atoms with Crippen LogP contribution < -0.4 is 0 Å². The van der Waals surface area contributed by atoms with Gasteiger partial charge in [0, 0.05) is 13.5 Å². The third kappa shape index (κ3) is 1.97. The molecule has 0 N–H and O–H groups in total. The number of hydrogen-bond donors (Lipinski definition) is 0. The number of rotatable bonds is 2. The summed E-state index contributed by atoms with van der Waals surface area (Å²) in [6, 6.07) is 0. The molecule has 1 fully saturated rings. The second-order valence-electron chi connectivity index (χ2n) is 3.33. The average Bonchev–Trinajstić information content (AvgIpc) is 2.02. The fourth-order valence-corrected chi connectivity index (χ4v) is 1.61. The first-order valence-electron chi connectivity index (χ1n) is 4.52. The van der Waals surface area contributed by atoms with Crippen LogP contribution >= 0.6 is 0 Å². The summed E-state index contributed by atoms with van der Waals surface area (Å²) < 4.78 is 16.4. The van der Waals surface area contributed by atoms with Crippen LogP contribution in [0.2, 0.25) is 0 Å². The fraction of sp³-hybridized carbons (Fsp3) is 1.00. The average molecular weight is 174 g/mol. The standard InChI is InChI=1S/C9H18O3/c1-5-9(10-4)11-7(2)6-8(3)12-9/h7-8H,5-6H2,1-4H3/t7-,8+,9?. The Balaban J connectivity index is 2.62. The van der Waals surface area contributed by atoms with Crippen LogP contribution in [0, 0.1) is 0 Å². The van der Waals surface area contributed by atoms with Gasteiger partial charge in [0.1, 0.15) is 0 Å². The molecule has 0 saturated carbocycles. The van der Waals surface area contributed by atoms with Crippen molar-refractivity contribution >= 4 is 0 Å². The lowest BCUT2D eigenvalue weighted by Gasteiger charge is -2.40. The van der Waals surface area contributed by atoms with Gasteiger partial charge in [-0.3, -0.25) is 0 Å². The lowest BCUT2D eigenvalue weighted by molar-refractivity contribution is -0.421. The van der Waals surface area contributed by atoms with Gasteiger partial charge < -0.3 is 14.2 Å². The molecule has 1 saturated heterocycles. The largest absolute Gasteiger partial charge is 0.331 e. The van der Waals surface area contributed by atoms with Crippen LogP contribution in [-0.4, -0.2) is 25.3 Å². The molecule has 0 aliphatic carbocycles. The van der Waals surface area contributed by atoms with Gasteiger partial charge in [0.05, 0.1) is 12.2 Å². The van der Waals surface area contributed by atoms with Crippen LogP contribution in [0.25, 0.3) is 0 Å². The smallest absolute Gasteiger partial charge is 0.282 e. The maximum absolute atomic E-state index is 5.60. The molecule has 0 spiro atoms. The van der Waals surface area contributed by atoms with Crippen molar-refractivity contribution in [1.82, 2.24) is 0 Å². The van der Waals surface area contributed by atoms with Crippen molar-refractivity contribution in [1.29, 1.82) is 0 Å². The summed E-state index contributed by atoms with van der Waals surface area (Å²) in [4.78, 5) is 0. The molecule has 3 atom stereocenters. The predicted molar refractivity (Wildman–Crippen MR) is 45.7 cm³/mol. The molecule has 72 valence electrons. The highest BCUT2D eigenvalue weighted by atomic mass is 16.9. The first-order chi connectivity index (χ1) is 5.62. The fourth-order valence-electron chi connectivity index (χ4n) is 1.61. The van der Waals surface area contributed by atoms with Gasteiger partial charge in [-0.15, -0.1) is 0 Å². The molecule has 0 aromatic heterocycles. The minimum atomic E-state index is -0.795. The Hall–Kier alpha value is -0.120. The van der Waals surface area contributed by atoms with Crippen molar-refractivity contribution in [3.8, 4) is 0 Å². The maximum Gasteiger partial charge on any atom is 0.282 e. The Bertz CT molecular complexity index is 131. The first kappa shape index (κ1) is 9.96. The van der Waals surface area contributed by atoms with Gasteiger partial charge in [-0.1, -0.05) is 6.92 Å². The maximum atomic E-state index is 5.60. The zero-order valence-corrected chi connectivity index (χ0v) is 8.29. The van der Waals surface area contributed by atoms with Crippen LogP contribution in [0.15, 0.2) is 0 Å². The molecule has 1 aliphatic heterocycles. The van der Waals surface area contributed by atoms with Gasteiger partial charge in [0.15, 0.2) is 0 Å². The monoisotopic (exact) mass is 174 g/mol. The number of methoxy groups -OCH3 is 1. The highest BCUT2D eigenvalue weighted by Gasteiger charge is 2.38. The molecular weight excluding hydrogens is 156 g/mol. The summed E-state index contributed by atoms with van der Waals surface area (Å²) in [5, 5.41) is 0. The molecule has 1 rings (SSSR count). The van der Waals surface area contributed by atoms with E-state index in [2.05, 4.69) is 0 Å². The van der Waals surface area contributed by atoms with E-state index in [1.807, 2.05) is 20.8 Å². The van der Waals surface area contributed by atoms with E-state index in [9.17, 15) is 0 Å². The van der Waals surface area contributed by atoms with Gasteiger partial charge in [-0.2, -0.15) is 0 Å². The third-order valence-electron chi connectivity index (χ3n) is 2.17. The predicted octanol–water partition coefficient (Wildman–Crippen LogP) is 1.91. The summed E-state index contributed by atoms with van der Waals surface area (Å²) in [5.41, 5.74) is 0. The van der Waals surface area contributed by atoms with E-state index in [-0.39, 0.29) is 12.2 Å². The molecule has 0 radical (unpaired) electrons. The van der Waals surface area contributed by atoms with E-state index in [0.29, 0.717) is 0 Å². The van der Waals surface area contributed by atoms with Crippen LogP contribution in [-0.2, 0) is 14.2 Å². The summed E-state index contributed by atoms with van der Waals surface area (Å²) in [7, 11) is 1.62. The molecule has 1 unspecified atom stereocenters. The Morgan fingerprint density at radius 1 is 1.33 bits per heavy atom. The van der Waals surface area contributed by atoms with Gasteiger partial charge in [-0.05, 0) is 20.3 Å². The van der Waals surface area contributed by atoms with E-state index < -0.39 is 5.97 Å². The van der Waals surface area contributed by atoms with Gasteiger partial charge >= 0.3 is 0 Å². The van der Waals surface area contributed by atoms with Crippen LogP contribution in [0.1, 0.15) is 33.6 Å². The number of hydrogen-bond acceptors (Lipinski definition) is 3. The lowest BCUT2D eigenvalue weighted by Crippen LogP contribution is -2.47. The molecule has 0 bridgehead atoms. The van der Waals surface area contributed by atoms with E-state index >= 15 is 0 Å². The Morgan fingerprint density at radius 2 is 1.83 bits per heavy atom.